The molecular weight excluding hydrogens is 406 g/mol. The molecule has 1 aliphatic heterocycles. The number of carbonyl (C=O) groups excluding carboxylic acids is 2. The standard InChI is InChI=1S/C27H31NO2.ClH/c29-25(15-18-28-16-9-1-2-10-17-28)27-24(22-13-7-4-8-14-22)19-23(20-26(27)30)21-11-5-3-6-12-21;/h3-8,11-14,20,24,27H,1-2,9-10,15-19H2;1H. The molecule has 2 aromatic carbocycles. The second kappa shape index (κ2) is 11.4. The smallest absolute Gasteiger partial charge is 0.167 e. The largest absolute Gasteiger partial charge is 0.303 e. The molecule has 0 radical (unpaired) electrons. The van der Waals surface area contributed by atoms with Crippen LogP contribution < -0.4 is 0 Å². The molecular formula is C27H32ClNO2. The fourth-order valence-electron chi connectivity index (χ4n) is 4.90. The Morgan fingerprint density at radius 3 is 2.13 bits per heavy atom. The number of ketones is 2. The molecule has 1 fully saturated rings. The maximum atomic E-state index is 13.3. The molecule has 0 amide bonds. The van der Waals surface area contributed by atoms with Gasteiger partial charge in [-0.2, -0.15) is 0 Å². The Kier molecular flexibility index (Phi) is 8.62. The Morgan fingerprint density at radius 2 is 1.48 bits per heavy atom. The number of likely N-dealkylation sites (tertiary alicyclic amines) is 1. The van der Waals surface area contributed by atoms with Crippen molar-refractivity contribution in [3.63, 3.8) is 0 Å². The van der Waals surface area contributed by atoms with Crippen molar-refractivity contribution in [3.05, 3.63) is 77.9 Å². The van der Waals surface area contributed by atoms with E-state index in [-0.39, 0.29) is 29.9 Å². The molecule has 3 nitrogen and oxygen atoms in total. The first-order valence-corrected chi connectivity index (χ1v) is 11.3. The van der Waals surface area contributed by atoms with Crippen LogP contribution in [0, 0.1) is 5.92 Å². The van der Waals surface area contributed by atoms with Crippen LogP contribution in [0.25, 0.3) is 5.57 Å². The number of nitrogens with zero attached hydrogens (tertiary/aromatic N) is 1. The molecule has 1 aliphatic carbocycles. The number of benzene rings is 2. The summed E-state index contributed by atoms with van der Waals surface area (Å²) < 4.78 is 0. The molecule has 1 saturated heterocycles. The van der Waals surface area contributed by atoms with Crippen molar-refractivity contribution in [1.82, 2.24) is 4.90 Å². The summed E-state index contributed by atoms with van der Waals surface area (Å²) in [5.74, 6) is -0.585. The number of hydrogen-bond donors (Lipinski definition) is 0. The van der Waals surface area contributed by atoms with Gasteiger partial charge in [0.1, 0.15) is 5.78 Å². The second-order valence-corrected chi connectivity index (χ2v) is 8.61. The van der Waals surface area contributed by atoms with Crippen LogP contribution in [-0.2, 0) is 9.59 Å². The molecule has 0 saturated carbocycles. The Bertz CT molecular complexity index is 886. The van der Waals surface area contributed by atoms with Crippen molar-refractivity contribution in [2.45, 2.75) is 44.4 Å². The van der Waals surface area contributed by atoms with Crippen molar-refractivity contribution in [2.24, 2.45) is 5.92 Å². The maximum Gasteiger partial charge on any atom is 0.167 e. The molecule has 0 aromatic heterocycles. The summed E-state index contributed by atoms with van der Waals surface area (Å²) in [7, 11) is 0. The second-order valence-electron chi connectivity index (χ2n) is 8.61. The van der Waals surface area contributed by atoms with Crippen LogP contribution in [0.2, 0.25) is 0 Å². The summed E-state index contributed by atoms with van der Waals surface area (Å²) in [6.45, 7) is 2.93. The number of halogens is 1. The van der Waals surface area contributed by atoms with E-state index < -0.39 is 5.92 Å². The maximum absolute atomic E-state index is 13.3. The Labute approximate surface area is 191 Å². The minimum absolute atomic E-state index is 0. The fraction of sp³-hybridized carbons (Fsp3) is 0.407. The van der Waals surface area contributed by atoms with Gasteiger partial charge in [-0.25, -0.2) is 0 Å². The lowest BCUT2D eigenvalue weighted by Gasteiger charge is -2.31. The van der Waals surface area contributed by atoms with Gasteiger partial charge in [0, 0.05) is 18.9 Å². The lowest BCUT2D eigenvalue weighted by molar-refractivity contribution is -0.131. The van der Waals surface area contributed by atoms with Gasteiger partial charge in [-0.3, -0.25) is 9.59 Å². The van der Waals surface area contributed by atoms with Gasteiger partial charge >= 0.3 is 0 Å². The van der Waals surface area contributed by atoms with Crippen molar-refractivity contribution < 1.29 is 9.59 Å². The van der Waals surface area contributed by atoms with Gasteiger partial charge in [-0.05, 0) is 55.1 Å². The number of hydrogen-bond acceptors (Lipinski definition) is 3. The van der Waals surface area contributed by atoms with Crippen LogP contribution >= 0.6 is 12.4 Å². The zero-order valence-corrected chi connectivity index (χ0v) is 18.9. The van der Waals surface area contributed by atoms with E-state index in [9.17, 15) is 9.59 Å². The Balaban J connectivity index is 0.00000272. The highest BCUT2D eigenvalue weighted by Gasteiger charge is 2.38. The molecule has 4 heteroatoms. The molecule has 31 heavy (non-hydrogen) atoms. The highest BCUT2D eigenvalue weighted by Crippen LogP contribution is 2.40. The number of Topliss-reactive ketones (excluding diaryl/α,β-unsaturated/α-hetero) is 1. The van der Waals surface area contributed by atoms with Crippen LogP contribution in [-0.4, -0.2) is 36.1 Å². The Hall–Kier alpha value is -2.23. The van der Waals surface area contributed by atoms with Gasteiger partial charge in [0.2, 0.25) is 0 Å². The lowest BCUT2D eigenvalue weighted by Crippen LogP contribution is -2.35. The van der Waals surface area contributed by atoms with Gasteiger partial charge in [-0.15, -0.1) is 12.4 Å². The van der Waals surface area contributed by atoms with Crippen molar-refractivity contribution >= 4 is 29.5 Å². The van der Waals surface area contributed by atoms with E-state index >= 15 is 0 Å². The Morgan fingerprint density at radius 1 is 0.871 bits per heavy atom. The fourth-order valence-corrected chi connectivity index (χ4v) is 4.90. The highest BCUT2D eigenvalue weighted by molar-refractivity contribution is 6.12. The quantitative estimate of drug-likeness (QED) is 0.544. The number of rotatable bonds is 6. The van der Waals surface area contributed by atoms with Gasteiger partial charge in [0.25, 0.3) is 0 Å². The topological polar surface area (TPSA) is 37.4 Å². The molecule has 0 spiro atoms. The lowest BCUT2D eigenvalue weighted by atomic mass is 9.71. The molecule has 2 aliphatic rings. The molecule has 0 N–H and O–H groups in total. The van der Waals surface area contributed by atoms with E-state index in [1.165, 1.54) is 25.7 Å². The van der Waals surface area contributed by atoms with Crippen LogP contribution in [0.15, 0.2) is 66.7 Å². The van der Waals surface area contributed by atoms with E-state index in [1.807, 2.05) is 48.5 Å². The van der Waals surface area contributed by atoms with Gasteiger partial charge in [0.15, 0.2) is 5.78 Å². The third-order valence-electron chi connectivity index (χ3n) is 6.56. The van der Waals surface area contributed by atoms with E-state index in [0.717, 1.165) is 42.8 Å². The average Bonchev–Trinajstić information content (AvgIpc) is 3.07. The van der Waals surface area contributed by atoms with Crippen LogP contribution in [0.4, 0.5) is 0 Å². The summed E-state index contributed by atoms with van der Waals surface area (Å²) in [6.07, 6.45) is 7.92. The normalized spacial score (nSPS) is 22.2. The third-order valence-corrected chi connectivity index (χ3v) is 6.56. The van der Waals surface area contributed by atoms with Crippen molar-refractivity contribution in [1.29, 1.82) is 0 Å². The van der Waals surface area contributed by atoms with Crippen LogP contribution in [0.1, 0.15) is 55.6 Å². The molecule has 1 heterocycles. The molecule has 2 unspecified atom stereocenters. The van der Waals surface area contributed by atoms with Gasteiger partial charge < -0.3 is 4.90 Å². The summed E-state index contributed by atoms with van der Waals surface area (Å²) in [6, 6.07) is 20.2. The molecule has 2 atom stereocenters. The zero-order chi connectivity index (χ0) is 20.8. The first kappa shape index (κ1) is 23.4. The number of carbonyl (C=O) groups is 2. The van der Waals surface area contributed by atoms with Crippen molar-refractivity contribution in [3.8, 4) is 0 Å². The first-order chi connectivity index (χ1) is 14.7. The third kappa shape index (κ3) is 5.93. The minimum Gasteiger partial charge on any atom is -0.303 e. The van der Waals surface area contributed by atoms with E-state index in [0.29, 0.717) is 6.42 Å². The van der Waals surface area contributed by atoms with Gasteiger partial charge in [0.05, 0.1) is 5.92 Å². The van der Waals surface area contributed by atoms with Crippen LogP contribution in [0.5, 0.6) is 0 Å². The summed E-state index contributed by atoms with van der Waals surface area (Å²) in [5, 5.41) is 0. The van der Waals surface area contributed by atoms with E-state index in [2.05, 4.69) is 17.0 Å². The molecule has 2 aromatic rings. The summed E-state index contributed by atoms with van der Waals surface area (Å²) in [5.41, 5.74) is 3.19. The zero-order valence-electron chi connectivity index (χ0n) is 18.0. The minimum atomic E-state index is -0.563. The molecule has 4 rings (SSSR count). The summed E-state index contributed by atoms with van der Waals surface area (Å²) >= 11 is 0. The van der Waals surface area contributed by atoms with Gasteiger partial charge in [-0.1, -0.05) is 73.5 Å². The number of allylic oxidation sites excluding steroid dienone is 2. The monoisotopic (exact) mass is 437 g/mol. The predicted octanol–water partition coefficient (Wildman–Crippen LogP) is 5.70. The van der Waals surface area contributed by atoms with Crippen LogP contribution in [0.3, 0.4) is 0 Å². The highest BCUT2D eigenvalue weighted by atomic mass is 35.5. The average molecular weight is 438 g/mol. The molecule has 164 valence electrons. The summed E-state index contributed by atoms with van der Waals surface area (Å²) in [4.78, 5) is 28.9. The SMILES string of the molecule is Cl.O=C1C=C(c2ccccc2)CC(c2ccccc2)C1C(=O)CCN1CCCCCC1. The predicted molar refractivity (Wildman–Crippen MR) is 128 cm³/mol. The van der Waals surface area contributed by atoms with E-state index in [4.69, 9.17) is 0 Å². The molecule has 0 bridgehead atoms. The van der Waals surface area contributed by atoms with E-state index in [1.54, 1.807) is 6.08 Å². The van der Waals surface area contributed by atoms with Crippen molar-refractivity contribution in [2.75, 3.05) is 19.6 Å². The first-order valence-electron chi connectivity index (χ1n) is 11.3.